The number of amides is 1. The van der Waals surface area contributed by atoms with Crippen molar-refractivity contribution in [2.75, 3.05) is 0 Å². The summed E-state index contributed by atoms with van der Waals surface area (Å²) in [5.41, 5.74) is 5.48. The van der Waals surface area contributed by atoms with Crippen molar-refractivity contribution < 1.29 is 22.8 Å². The largest absolute Gasteiger partial charge is 0.416 e. The van der Waals surface area contributed by atoms with Crippen LogP contribution in [0, 0.1) is 0 Å². The molecule has 1 unspecified atom stereocenters. The highest BCUT2D eigenvalue weighted by molar-refractivity contribution is 5.97. The summed E-state index contributed by atoms with van der Waals surface area (Å²) >= 11 is 0. The number of benzene rings is 4. The van der Waals surface area contributed by atoms with E-state index in [1.807, 2.05) is 61.5 Å². The van der Waals surface area contributed by atoms with Crippen LogP contribution in [0.3, 0.4) is 0 Å². The molecular weight excluding hydrogens is 551 g/mol. The van der Waals surface area contributed by atoms with E-state index in [-0.39, 0.29) is 11.9 Å². The van der Waals surface area contributed by atoms with Gasteiger partial charge in [-0.1, -0.05) is 66.7 Å². The fourth-order valence-electron chi connectivity index (χ4n) is 4.93. The summed E-state index contributed by atoms with van der Waals surface area (Å²) in [4.78, 5) is 33.5. The van der Waals surface area contributed by atoms with E-state index in [1.54, 1.807) is 18.2 Å². The molecule has 5 aromatic rings. The number of hydrogen-bond donors (Lipinski definition) is 1. The lowest BCUT2D eigenvalue weighted by molar-refractivity contribution is -0.137. The molecule has 0 saturated heterocycles. The molecule has 43 heavy (non-hydrogen) atoms. The van der Waals surface area contributed by atoms with Crippen LogP contribution in [0.4, 0.5) is 13.2 Å². The molecule has 1 atom stereocenters. The quantitative estimate of drug-likeness (QED) is 0.133. The number of rotatable bonds is 10. The molecule has 4 aromatic carbocycles. The Morgan fingerprint density at radius 1 is 0.814 bits per heavy atom. The monoisotopic (exact) mass is 581 g/mol. The number of halogens is 3. The number of fused-ring (bicyclic) bond motifs is 1. The first-order chi connectivity index (χ1) is 20.7. The van der Waals surface area contributed by atoms with Crippen molar-refractivity contribution in [1.82, 2.24) is 15.3 Å². The van der Waals surface area contributed by atoms with Crippen molar-refractivity contribution in [3.05, 3.63) is 119 Å². The summed E-state index contributed by atoms with van der Waals surface area (Å²) in [5.74, 6) is -0.261. The molecule has 0 aliphatic carbocycles. The normalized spacial score (nSPS) is 12.2. The van der Waals surface area contributed by atoms with E-state index >= 15 is 0 Å². The van der Waals surface area contributed by atoms with Crippen LogP contribution in [0.25, 0.3) is 33.4 Å². The third kappa shape index (κ3) is 7.15. The minimum Gasteiger partial charge on any atom is -0.346 e. The fourth-order valence-corrected chi connectivity index (χ4v) is 4.93. The van der Waals surface area contributed by atoms with Crippen LogP contribution < -0.4 is 5.32 Å². The Morgan fingerprint density at radius 2 is 1.49 bits per heavy atom. The van der Waals surface area contributed by atoms with Gasteiger partial charge >= 0.3 is 6.18 Å². The zero-order chi connectivity index (χ0) is 30.4. The number of carbonyl (C=O) groups is 2. The molecular formula is C35H30F3N3O2. The third-order valence-electron chi connectivity index (χ3n) is 7.34. The first-order valence-electron chi connectivity index (χ1n) is 14.1. The Morgan fingerprint density at radius 3 is 2.16 bits per heavy atom. The third-order valence-corrected chi connectivity index (χ3v) is 7.34. The zero-order valence-electron chi connectivity index (χ0n) is 23.6. The van der Waals surface area contributed by atoms with Gasteiger partial charge in [-0.25, -0.2) is 9.97 Å². The first kappa shape index (κ1) is 29.6. The summed E-state index contributed by atoms with van der Waals surface area (Å²) in [6, 6.07) is 27.8. The fraction of sp³-hybridized carbons (Fsp3) is 0.200. The second-order valence-electron chi connectivity index (χ2n) is 10.4. The van der Waals surface area contributed by atoms with Gasteiger partial charge in [-0.15, -0.1) is 0 Å². The predicted molar refractivity (Wildman–Crippen MR) is 161 cm³/mol. The Kier molecular flexibility index (Phi) is 8.95. The SMILES string of the molecule is CC(NC(=O)c1ccc2nc(-c3ccc(C(F)(F)F)cc3)c(CCCCC=O)nc2c1)c1ccc(-c2ccccc2)cc1. The highest BCUT2D eigenvalue weighted by Gasteiger charge is 2.30. The molecule has 5 rings (SSSR count). The van der Waals surface area contributed by atoms with Gasteiger partial charge in [0.15, 0.2) is 0 Å². The van der Waals surface area contributed by atoms with E-state index in [9.17, 15) is 22.8 Å². The minimum absolute atomic E-state index is 0.241. The smallest absolute Gasteiger partial charge is 0.346 e. The van der Waals surface area contributed by atoms with Crippen molar-refractivity contribution in [3.8, 4) is 22.4 Å². The summed E-state index contributed by atoms with van der Waals surface area (Å²) in [6.07, 6.45) is -1.37. The maximum absolute atomic E-state index is 13.2. The lowest BCUT2D eigenvalue weighted by atomic mass is 10.0. The Hall–Kier alpha value is -4.85. The van der Waals surface area contributed by atoms with Crippen LogP contribution in [0.2, 0.25) is 0 Å². The average Bonchev–Trinajstić information content (AvgIpc) is 3.02. The zero-order valence-corrected chi connectivity index (χ0v) is 23.6. The van der Waals surface area contributed by atoms with E-state index in [0.717, 1.165) is 35.1 Å². The van der Waals surface area contributed by atoms with Gasteiger partial charge in [0.25, 0.3) is 5.91 Å². The van der Waals surface area contributed by atoms with Crippen LogP contribution in [-0.2, 0) is 17.4 Å². The number of aryl methyl sites for hydroxylation is 1. The van der Waals surface area contributed by atoms with Crippen LogP contribution >= 0.6 is 0 Å². The Balaban J connectivity index is 1.38. The van der Waals surface area contributed by atoms with E-state index in [4.69, 9.17) is 9.97 Å². The molecule has 0 fully saturated rings. The van der Waals surface area contributed by atoms with E-state index < -0.39 is 11.7 Å². The molecule has 0 aliphatic heterocycles. The topological polar surface area (TPSA) is 72.0 Å². The van der Waals surface area contributed by atoms with Gasteiger partial charge in [0.1, 0.15) is 6.29 Å². The van der Waals surface area contributed by atoms with Gasteiger partial charge in [-0.05, 0) is 73.2 Å². The van der Waals surface area contributed by atoms with Gasteiger partial charge in [-0.2, -0.15) is 13.2 Å². The van der Waals surface area contributed by atoms with Gasteiger partial charge in [0.05, 0.1) is 34.0 Å². The number of nitrogens with zero attached hydrogens (tertiary/aromatic N) is 2. The van der Waals surface area contributed by atoms with Crippen molar-refractivity contribution in [1.29, 1.82) is 0 Å². The van der Waals surface area contributed by atoms with Crippen LogP contribution in [-0.4, -0.2) is 22.2 Å². The molecule has 0 bridgehead atoms. The molecule has 1 amide bonds. The number of carbonyl (C=O) groups excluding carboxylic acids is 2. The summed E-state index contributed by atoms with van der Waals surface area (Å²) in [6.45, 7) is 1.92. The van der Waals surface area contributed by atoms with Crippen molar-refractivity contribution in [3.63, 3.8) is 0 Å². The molecule has 8 heteroatoms. The van der Waals surface area contributed by atoms with Crippen molar-refractivity contribution in [2.45, 2.75) is 44.8 Å². The highest BCUT2D eigenvalue weighted by Crippen LogP contribution is 2.32. The molecule has 0 spiro atoms. The molecule has 1 aromatic heterocycles. The second-order valence-corrected chi connectivity index (χ2v) is 10.4. The van der Waals surface area contributed by atoms with Crippen LogP contribution in [0.1, 0.15) is 59.4 Å². The van der Waals surface area contributed by atoms with Gasteiger partial charge in [0, 0.05) is 17.5 Å². The second kappa shape index (κ2) is 13.0. The standard InChI is InChI=1S/C35H30F3N3O2/c1-23(24-11-13-26(14-12-24)25-8-4-2-5-9-25)39-34(43)28-17-20-30-32(22-28)40-31(10-6-3-7-21-42)33(41-30)27-15-18-29(19-16-27)35(36,37)38/h2,4-5,8-9,11-23H,3,6-7,10H2,1H3,(H,39,43). The maximum Gasteiger partial charge on any atom is 0.416 e. The molecule has 1 N–H and O–H groups in total. The van der Waals surface area contributed by atoms with Crippen molar-refractivity contribution in [2.24, 2.45) is 0 Å². The highest BCUT2D eigenvalue weighted by atomic mass is 19.4. The summed E-state index contributed by atoms with van der Waals surface area (Å²) < 4.78 is 39.4. The van der Waals surface area contributed by atoms with Crippen LogP contribution in [0.15, 0.2) is 97.1 Å². The van der Waals surface area contributed by atoms with E-state index in [1.165, 1.54) is 12.1 Å². The Bertz CT molecular complexity index is 1720. The molecule has 0 aliphatic rings. The summed E-state index contributed by atoms with van der Waals surface area (Å²) in [7, 11) is 0. The molecule has 1 heterocycles. The number of aldehydes is 1. The van der Waals surface area contributed by atoms with Crippen LogP contribution in [0.5, 0.6) is 0 Å². The predicted octanol–water partition coefficient (Wildman–Crippen LogP) is 8.39. The maximum atomic E-state index is 13.2. The lowest BCUT2D eigenvalue weighted by Crippen LogP contribution is -2.26. The Labute approximate surface area is 247 Å². The summed E-state index contributed by atoms with van der Waals surface area (Å²) in [5, 5.41) is 3.04. The van der Waals surface area contributed by atoms with E-state index in [0.29, 0.717) is 59.2 Å². The molecule has 0 saturated carbocycles. The van der Waals surface area contributed by atoms with Gasteiger partial charge in [-0.3, -0.25) is 4.79 Å². The first-order valence-corrected chi connectivity index (χ1v) is 14.1. The van der Waals surface area contributed by atoms with Crippen molar-refractivity contribution >= 4 is 23.2 Å². The minimum atomic E-state index is -4.44. The van der Waals surface area contributed by atoms with Gasteiger partial charge in [0.2, 0.25) is 0 Å². The average molecular weight is 582 g/mol. The molecule has 0 radical (unpaired) electrons. The van der Waals surface area contributed by atoms with E-state index in [2.05, 4.69) is 5.32 Å². The van der Waals surface area contributed by atoms with Gasteiger partial charge < -0.3 is 10.1 Å². The number of hydrogen-bond acceptors (Lipinski definition) is 4. The number of aromatic nitrogens is 2. The number of alkyl halides is 3. The number of unbranched alkanes of at least 4 members (excludes halogenated alkanes) is 2. The lowest BCUT2D eigenvalue weighted by Gasteiger charge is -2.16. The molecule has 218 valence electrons. The molecule has 5 nitrogen and oxygen atoms in total. The number of nitrogens with one attached hydrogen (secondary N) is 1.